The molecule has 2 rings (SSSR count). The fourth-order valence-corrected chi connectivity index (χ4v) is 2.74. The molecule has 0 aliphatic carbocycles. The summed E-state index contributed by atoms with van der Waals surface area (Å²) in [4.78, 5) is 25.2. The highest BCUT2D eigenvalue weighted by Gasteiger charge is 2.19. The van der Waals surface area contributed by atoms with Gasteiger partial charge in [0.2, 0.25) is 5.78 Å². The van der Waals surface area contributed by atoms with E-state index in [1.165, 1.54) is 18.4 Å². The Morgan fingerprint density at radius 3 is 2.42 bits per heavy atom. The van der Waals surface area contributed by atoms with Gasteiger partial charge in [-0.05, 0) is 19.1 Å². The third-order valence-electron chi connectivity index (χ3n) is 2.87. The zero-order chi connectivity index (χ0) is 13.8. The molecule has 0 amide bonds. The molecule has 1 aromatic heterocycles. The van der Waals surface area contributed by atoms with E-state index in [9.17, 15) is 9.59 Å². The molecule has 0 aliphatic rings. The lowest BCUT2D eigenvalue weighted by Crippen LogP contribution is -2.09. The summed E-state index contributed by atoms with van der Waals surface area (Å²) in [5.41, 5.74) is 0.654. The Kier molecular flexibility index (Phi) is 4.12. The summed E-state index contributed by atoms with van der Waals surface area (Å²) >= 11 is 1.34. The highest BCUT2D eigenvalue weighted by Crippen LogP contribution is 2.27. The van der Waals surface area contributed by atoms with Crippen LogP contribution in [0.3, 0.4) is 0 Å². The molecule has 0 N–H and O–H groups in total. The predicted octanol–water partition coefficient (Wildman–Crippen LogP) is 3.26. The molecular weight excluding hydrogens is 260 g/mol. The SMILES string of the molecule is COC(=O)[C@H](C)c1ccc(C(=O)c2ccccc2)s1. The van der Waals surface area contributed by atoms with Crippen LogP contribution in [-0.2, 0) is 9.53 Å². The second-order valence-corrected chi connectivity index (χ2v) is 5.26. The normalized spacial score (nSPS) is 11.9. The van der Waals surface area contributed by atoms with Crippen molar-refractivity contribution in [1.29, 1.82) is 0 Å². The standard InChI is InChI=1S/C15H14O3S/c1-10(15(17)18-2)12-8-9-13(19-12)14(16)11-6-4-3-5-7-11/h3-10H,1-2H3/t10-/m1/s1. The largest absolute Gasteiger partial charge is 0.469 e. The number of carbonyl (C=O) groups is 2. The van der Waals surface area contributed by atoms with Crippen LogP contribution in [0.15, 0.2) is 42.5 Å². The van der Waals surface area contributed by atoms with E-state index in [2.05, 4.69) is 0 Å². The average molecular weight is 274 g/mol. The lowest BCUT2D eigenvalue weighted by Gasteiger charge is -2.05. The number of benzene rings is 1. The molecule has 1 heterocycles. The summed E-state index contributed by atoms with van der Waals surface area (Å²) in [6.45, 7) is 1.77. The molecule has 98 valence electrons. The summed E-state index contributed by atoms with van der Waals surface area (Å²) in [5.74, 6) is -0.651. The molecule has 1 aromatic carbocycles. The Hall–Kier alpha value is -1.94. The molecule has 0 radical (unpaired) electrons. The van der Waals surface area contributed by atoms with Gasteiger partial charge in [-0.1, -0.05) is 30.3 Å². The first kappa shape index (κ1) is 13.5. The maximum Gasteiger partial charge on any atom is 0.313 e. The third-order valence-corrected chi connectivity index (χ3v) is 4.13. The van der Waals surface area contributed by atoms with Crippen molar-refractivity contribution in [2.24, 2.45) is 0 Å². The molecule has 0 unspecified atom stereocenters. The average Bonchev–Trinajstić information content (AvgIpc) is 2.95. The lowest BCUT2D eigenvalue weighted by molar-refractivity contribution is -0.141. The van der Waals surface area contributed by atoms with Gasteiger partial charge in [0, 0.05) is 10.4 Å². The number of hydrogen-bond acceptors (Lipinski definition) is 4. The fraction of sp³-hybridized carbons (Fsp3) is 0.200. The van der Waals surface area contributed by atoms with Gasteiger partial charge >= 0.3 is 5.97 Å². The molecule has 0 spiro atoms. The molecule has 0 saturated heterocycles. The van der Waals surface area contributed by atoms with E-state index in [-0.39, 0.29) is 17.7 Å². The van der Waals surface area contributed by atoms with Crippen LogP contribution in [0.4, 0.5) is 0 Å². The first-order chi connectivity index (χ1) is 9.13. The molecule has 1 atom stereocenters. The van der Waals surface area contributed by atoms with E-state index in [1.807, 2.05) is 24.3 Å². The number of rotatable bonds is 4. The van der Waals surface area contributed by atoms with Crippen LogP contribution in [0.25, 0.3) is 0 Å². The zero-order valence-electron chi connectivity index (χ0n) is 10.8. The number of ketones is 1. The van der Waals surface area contributed by atoms with Crippen molar-refractivity contribution in [3.8, 4) is 0 Å². The summed E-state index contributed by atoms with van der Waals surface area (Å²) in [5, 5.41) is 0. The van der Waals surface area contributed by atoms with Gasteiger partial charge in [-0.2, -0.15) is 0 Å². The second-order valence-electron chi connectivity index (χ2n) is 4.14. The first-order valence-corrected chi connectivity index (χ1v) is 6.72. The smallest absolute Gasteiger partial charge is 0.313 e. The van der Waals surface area contributed by atoms with Crippen molar-refractivity contribution in [3.05, 3.63) is 57.8 Å². The predicted molar refractivity (Wildman–Crippen MR) is 74.6 cm³/mol. The summed E-state index contributed by atoms with van der Waals surface area (Å²) in [6.07, 6.45) is 0. The van der Waals surface area contributed by atoms with Crippen molar-refractivity contribution < 1.29 is 14.3 Å². The number of carbonyl (C=O) groups excluding carboxylic acids is 2. The van der Waals surface area contributed by atoms with Crippen molar-refractivity contribution >= 4 is 23.1 Å². The highest BCUT2D eigenvalue weighted by atomic mass is 32.1. The zero-order valence-corrected chi connectivity index (χ0v) is 11.6. The Bertz CT molecular complexity index is 586. The van der Waals surface area contributed by atoms with E-state index >= 15 is 0 Å². The second kappa shape index (κ2) is 5.80. The Morgan fingerprint density at radius 1 is 1.11 bits per heavy atom. The Labute approximate surface area is 115 Å². The van der Waals surface area contributed by atoms with E-state index in [1.54, 1.807) is 25.1 Å². The summed E-state index contributed by atoms with van der Waals surface area (Å²) < 4.78 is 4.70. The van der Waals surface area contributed by atoms with Crippen LogP contribution in [0, 0.1) is 0 Å². The Morgan fingerprint density at radius 2 is 1.79 bits per heavy atom. The fourth-order valence-electron chi connectivity index (χ4n) is 1.73. The number of thiophene rings is 1. The van der Waals surface area contributed by atoms with Gasteiger partial charge in [-0.25, -0.2) is 0 Å². The van der Waals surface area contributed by atoms with Gasteiger partial charge in [0.25, 0.3) is 0 Å². The summed E-state index contributed by atoms with van der Waals surface area (Å²) in [6, 6.07) is 12.7. The van der Waals surface area contributed by atoms with E-state index in [0.29, 0.717) is 10.4 Å². The van der Waals surface area contributed by atoms with Crippen LogP contribution >= 0.6 is 11.3 Å². The van der Waals surface area contributed by atoms with Crippen LogP contribution < -0.4 is 0 Å². The third kappa shape index (κ3) is 2.90. The van der Waals surface area contributed by atoms with Gasteiger partial charge in [-0.15, -0.1) is 11.3 Å². The van der Waals surface area contributed by atoms with Crippen molar-refractivity contribution in [1.82, 2.24) is 0 Å². The molecule has 0 fully saturated rings. The van der Waals surface area contributed by atoms with E-state index in [0.717, 1.165) is 4.88 Å². The summed E-state index contributed by atoms with van der Waals surface area (Å²) in [7, 11) is 1.36. The minimum atomic E-state index is -0.340. The van der Waals surface area contributed by atoms with Crippen LogP contribution in [0.2, 0.25) is 0 Å². The molecular formula is C15H14O3S. The number of esters is 1. The Balaban J connectivity index is 2.22. The minimum Gasteiger partial charge on any atom is -0.469 e. The van der Waals surface area contributed by atoms with Crippen molar-refractivity contribution in [2.75, 3.05) is 7.11 Å². The van der Waals surface area contributed by atoms with Gasteiger partial charge in [0.15, 0.2) is 0 Å². The first-order valence-electron chi connectivity index (χ1n) is 5.90. The van der Waals surface area contributed by atoms with Crippen LogP contribution in [0.1, 0.15) is 33.0 Å². The minimum absolute atomic E-state index is 0.0195. The van der Waals surface area contributed by atoms with E-state index in [4.69, 9.17) is 4.74 Å². The monoisotopic (exact) mass is 274 g/mol. The van der Waals surface area contributed by atoms with Gasteiger partial charge in [-0.3, -0.25) is 9.59 Å². The maximum atomic E-state index is 12.2. The number of methoxy groups -OCH3 is 1. The van der Waals surface area contributed by atoms with E-state index < -0.39 is 0 Å². The van der Waals surface area contributed by atoms with Crippen LogP contribution in [-0.4, -0.2) is 18.9 Å². The molecule has 0 bridgehead atoms. The quantitative estimate of drug-likeness (QED) is 0.635. The van der Waals surface area contributed by atoms with Crippen molar-refractivity contribution in [2.45, 2.75) is 12.8 Å². The highest BCUT2D eigenvalue weighted by molar-refractivity contribution is 7.14. The molecule has 19 heavy (non-hydrogen) atoms. The van der Waals surface area contributed by atoms with Gasteiger partial charge < -0.3 is 4.74 Å². The molecule has 3 nitrogen and oxygen atoms in total. The lowest BCUT2D eigenvalue weighted by atomic mass is 10.1. The molecule has 0 aliphatic heterocycles. The van der Waals surface area contributed by atoms with Crippen LogP contribution in [0.5, 0.6) is 0 Å². The molecule has 4 heteroatoms. The van der Waals surface area contributed by atoms with Gasteiger partial charge in [0.1, 0.15) is 0 Å². The molecule has 2 aromatic rings. The molecule has 0 saturated carbocycles. The number of hydrogen-bond donors (Lipinski definition) is 0. The van der Waals surface area contributed by atoms with Crippen molar-refractivity contribution in [3.63, 3.8) is 0 Å². The van der Waals surface area contributed by atoms with Gasteiger partial charge in [0.05, 0.1) is 17.9 Å². The number of ether oxygens (including phenoxy) is 1. The topological polar surface area (TPSA) is 43.4 Å². The maximum absolute atomic E-state index is 12.2.